The van der Waals surface area contributed by atoms with Crippen LogP contribution in [0.1, 0.15) is 15.9 Å². The van der Waals surface area contributed by atoms with Crippen molar-refractivity contribution in [3.05, 3.63) is 63.6 Å². The van der Waals surface area contributed by atoms with Crippen LogP contribution in [0.5, 0.6) is 0 Å². The maximum atomic E-state index is 12.4. The largest absolute Gasteiger partial charge is 0.332 e. The van der Waals surface area contributed by atoms with Gasteiger partial charge in [-0.3, -0.25) is 9.59 Å². The van der Waals surface area contributed by atoms with Crippen LogP contribution in [0.3, 0.4) is 0 Å². The molecule has 0 fully saturated rings. The summed E-state index contributed by atoms with van der Waals surface area (Å²) >= 11 is 13.5. The number of rotatable bonds is 6. The monoisotopic (exact) mass is 396 g/mol. The van der Waals surface area contributed by atoms with Gasteiger partial charge in [0.15, 0.2) is 0 Å². The van der Waals surface area contributed by atoms with E-state index < -0.39 is 0 Å². The highest BCUT2D eigenvalue weighted by Gasteiger charge is 2.15. The Morgan fingerprint density at radius 2 is 1.76 bits per heavy atom. The highest BCUT2D eigenvalue weighted by atomic mass is 35.5. The smallest absolute Gasteiger partial charge is 0.254 e. The molecule has 1 N–H and O–H groups in total. The van der Waals surface area contributed by atoms with E-state index in [0.29, 0.717) is 21.3 Å². The van der Waals surface area contributed by atoms with Gasteiger partial charge in [-0.1, -0.05) is 35.3 Å². The van der Waals surface area contributed by atoms with Crippen molar-refractivity contribution in [3.63, 3.8) is 0 Å². The molecule has 0 spiro atoms. The minimum atomic E-state index is -0.312. The molecule has 0 heterocycles. The molecule has 0 atom stereocenters. The molecule has 0 aromatic heterocycles. The average Bonchev–Trinajstić information content (AvgIpc) is 2.58. The molecule has 0 bridgehead atoms. The van der Waals surface area contributed by atoms with Gasteiger partial charge in [-0.2, -0.15) is 11.8 Å². The van der Waals surface area contributed by atoms with Crippen molar-refractivity contribution >= 4 is 52.5 Å². The van der Waals surface area contributed by atoms with Gasteiger partial charge >= 0.3 is 0 Å². The van der Waals surface area contributed by atoms with Crippen LogP contribution in [0, 0.1) is 0 Å². The number of carbonyl (C=O) groups excluding carboxylic acids is 2. The van der Waals surface area contributed by atoms with E-state index >= 15 is 0 Å². The van der Waals surface area contributed by atoms with Crippen LogP contribution in [-0.2, 0) is 10.5 Å². The van der Waals surface area contributed by atoms with Crippen LogP contribution in [-0.4, -0.2) is 36.6 Å². The van der Waals surface area contributed by atoms with E-state index in [-0.39, 0.29) is 18.4 Å². The van der Waals surface area contributed by atoms with E-state index in [4.69, 9.17) is 23.2 Å². The average molecular weight is 397 g/mol. The van der Waals surface area contributed by atoms with Crippen molar-refractivity contribution in [3.8, 4) is 0 Å². The number of carbonyl (C=O) groups is 2. The van der Waals surface area contributed by atoms with Crippen molar-refractivity contribution in [2.45, 2.75) is 5.75 Å². The maximum absolute atomic E-state index is 12.4. The third kappa shape index (κ3) is 5.66. The zero-order chi connectivity index (χ0) is 18.4. The molecule has 2 aromatic rings. The third-order valence-electron chi connectivity index (χ3n) is 3.44. The molecule has 0 saturated heterocycles. The lowest BCUT2D eigenvalue weighted by atomic mass is 10.1. The van der Waals surface area contributed by atoms with E-state index in [9.17, 15) is 9.59 Å². The summed E-state index contributed by atoms with van der Waals surface area (Å²) in [6.07, 6.45) is 2.03. The number of anilines is 1. The van der Waals surface area contributed by atoms with Gasteiger partial charge in [-0.05, 0) is 42.2 Å². The van der Waals surface area contributed by atoms with E-state index in [1.54, 1.807) is 49.1 Å². The fraction of sp³-hybridized carbons (Fsp3) is 0.222. The quantitative estimate of drug-likeness (QED) is 0.777. The lowest BCUT2D eigenvalue weighted by molar-refractivity contribution is -0.116. The van der Waals surface area contributed by atoms with E-state index in [2.05, 4.69) is 5.32 Å². The molecule has 132 valence electrons. The van der Waals surface area contributed by atoms with Gasteiger partial charge < -0.3 is 10.2 Å². The Balaban J connectivity index is 1.95. The van der Waals surface area contributed by atoms with Crippen molar-refractivity contribution in [1.29, 1.82) is 0 Å². The minimum absolute atomic E-state index is 0.0638. The molecule has 2 aromatic carbocycles. The highest BCUT2D eigenvalue weighted by Crippen LogP contribution is 2.25. The summed E-state index contributed by atoms with van der Waals surface area (Å²) in [5.74, 6) is 0.379. The second-order valence-electron chi connectivity index (χ2n) is 5.47. The molecule has 25 heavy (non-hydrogen) atoms. The first-order valence-electron chi connectivity index (χ1n) is 7.49. The summed E-state index contributed by atoms with van der Waals surface area (Å²) in [6.45, 7) is -0.0638. The number of halogens is 2. The molecule has 0 saturated carbocycles. The number of amides is 2. The Labute approximate surface area is 161 Å². The molecule has 2 rings (SSSR count). The number of hydrogen-bond donors (Lipinski definition) is 1. The molecule has 7 heteroatoms. The number of benzene rings is 2. The number of likely N-dealkylation sites (N-methyl/N-ethyl adjacent to an activating group) is 1. The summed E-state index contributed by atoms with van der Waals surface area (Å²) in [5, 5.41) is 3.46. The Morgan fingerprint density at radius 1 is 1.08 bits per heavy atom. The number of thioether (sulfide) groups is 1. The van der Waals surface area contributed by atoms with E-state index in [1.807, 2.05) is 18.4 Å². The molecule has 4 nitrogen and oxygen atoms in total. The topological polar surface area (TPSA) is 49.4 Å². The molecule has 0 radical (unpaired) electrons. The lowest BCUT2D eigenvalue weighted by Crippen LogP contribution is -2.34. The number of hydrogen-bond acceptors (Lipinski definition) is 3. The highest BCUT2D eigenvalue weighted by molar-refractivity contribution is 7.97. The summed E-state index contributed by atoms with van der Waals surface area (Å²) < 4.78 is 0. The molecular weight excluding hydrogens is 379 g/mol. The SMILES string of the molecule is CSCc1ccc(C(=O)N(C)CC(=O)Nc2ccc(Cl)c(Cl)c2)cc1. The number of nitrogens with one attached hydrogen (secondary N) is 1. The van der Waals surface area contributed by atoms with Crippen molar-refractivity contribution in [2.75, 3.05) is 25.2 Å². The second kappa shape index (κ2) is 9.13. The van der Waals surface area contributed by atoms with Crippen LogP contribution in [0.15, 0.2) is 42.5 Å². The summed E-state index contributed by atoms with van der Waals surface area (Å²) in [4.78, 5) is 25.9. The molecule has 0 aliphatic rings. The predicted molar refractivity (Wildman–Crippen MR) is 106 cm³/mol. The zero-order valence-corrected chi connectivity index (χ0v) is 16.2. The first kappa shape index (κ1) is 19.6. The van der Waals surface area contributed by atoms with Gasteiger partial charge in [-0.25, -0.2) is 0 Å². The van der Waals surface area contributed by atoms with Gasteiger partial charge in [0.25, 0.3) is 5.91 Å². The van der Waals surface area contributed by atoms with Gasteiger partial charge in [0, 0.05) is 24.1 Å². The van der Waals surface area contributed by atoms with Gasteiger partial charge in [0.2, 0.25) is 5.91 Å². The second-order valence-corrected chi connectivity index (χ2v) is 7.15. The standard InChI is InChI=1S/C18H18Cl2N2O2S/c1-22(18(24)13-5-3-12(4-6-13)11-25-2)10-17(23)21-14-7-8-15(19)16(20)9-14/h3-9H,10-11H2,1-2H3,(H,21,23). The number of nitrogens with zero attached hydrogens (tertiary/aromatic N) is 1. The van der Waals surface area contributed by atoms with E-state index in [1.165, 1.54) is 4.90 Å². The Hall–Kier alpha value is -1.69. The van der Waals surface area contributed by atoms with Crippen LogP contribution in [0.25, 0.3) is 0 Å². The van der Waals surface area contributed by atoms with Gasteiger partial charge in [0.05, 0.1) is 16.6 Å². The zero-order valence-electron chi connectivity index (χ0n) is 13.9. The first-order chi connectivity index (χ1) is 11.9. The molecular formula is C18H18Cl2N2O2S. The summed E-state index contributed by atoms with van der Waals surface area (Å²) in [5.41, 5.74) is 2.24. The minimum Gasteiger partial charge on any atom is -0.332 e. The molecule has 0 aliphatic carbocycles. The van der Waals surface area contributed by atoms with Crippen LogP contribution >= 0.6 is 35.0 Å². The fourth-order valence-electron chi connectivity index (χ4n) is 2.19. The summed E-state index contributed by atoms with van der Waals surface area (Å²) in [7, 11) is 1.59. The maximum Gasteiger partial charge on any atom is 0.254 e. The third-order valence-corrected chi connectivity index (χ3v) is 4.80. The first-order valence-corrected chi connectivity index (χ1v) is 9.64. The Morgan fingerprint density at radius 3 is 2.36 bits per heavy atom. The van der Waals surface area contributed by atoms with Crippen molar-refractivity contribution in [1.82, 2.24) is 4.90 Å². The van der Waals surface area contributed by atoms with E-state index in [0.717, 1.165) is 11.3 Å². The van der Waals surface area contributed by atoms with Crippen molar-refractivity contribution in [2.24, 2.45) is 0 Å². The Bertz CT molecular complexity index is 766. The van der Waals surface area contributed by atoms with Crippen LogP contribution in [0.2, 0.25) is 10.0 Å². The molecule has 0 aliphatic heterocycles. The fourth-order valence-corrected chi connectivity index (χ4v) is 3.02. The molecule has 2 amide bonds. The van der Waals surface area contributed by atoms with Gasteiger partial charge in [0.1, 0.15) is 0 Å². The lowest BCUT2D eigenvalue weighted by Gasteiger charge is -2.17. The normalized spacial score (nSPS) is 10.4. The predicted octanol–water partition coefficient (Wildman–Crippen LogP) is 4.57. The van der Waals surface area contributed by atoms with Crippen LogP contribution in [0.4, 0.5) is 5.69 Å². The van der Waals surface area contributed by atoms with Crippen LogP contribution < -0.4 is 5.32 Å². The van der Waals surface area contributed by atoms with Gasteiger partial charge in [-0.15, -0.1) is 0 Å². The summed E-state index contributed by atoms with van der Waals surface area (Å²) in [6, 6.07) is 12.2. The molecule has 0 unspecified atom stereocenters. The van der Waals surface area contributed by atoms with Crippen molar-refractivity contribution < 1.29 is 9.59 Å². The Kier molecular flexibility index (Phi) is 7.17.